The maximum Gasteiger partial charge on any atom is 0.161 e. The van der Waals surface area contributed by atoms with Gasteiger partial charge in [0.25, 0.3) is 0 Å². The first-order valence-electron chi connectivity index (χ1n) is 7.98. The Morgan fingerprint density at radius 2 is 2.05 bits per heavy atom. The summed E-state index contributed by atoms with van der Waals surface area (Å²) in [7, 11) is 0. The molecule has 2 atom stereocenters. The van der Waals surface area contributed by atoms with Gasteiger partial charge in [0, 0.05) is 6.04 Å². The van der Waals surface area contributed by atoms with Crippen molar-refractivity contribution in [3.8, 4) is 11.5 Å². The summed E-state index contributed by atoms with van der Waals surface area (Å²) in [5.74, 6) is 2.65. The van der Waals surface area contributed by atoms with Gasteiger partial charge < -0.3 is 14.8 Å². The molecule has 20 heavy (non-hydrogen) atoms. The topological polar surface area (TPSA) is 30.5 Å². The van der Waals surface area contributed by atoms with Gasteiger partial charge in [-0.1, -0.05) is 38.3 Å². The summed E-state index contributed by atoms with van der Waals surface area (Å²) in [6.45, 7) is 3.92. The van der Waals surface area contributed by atoms with Crippen LogP contribution in [0.5, 0.6) is 11.5 Å². The molecule has 0 amide bonds. The van der Waals surface area contributed by atoms with Crippen molar-refractivity contribution in [1.82, 2.24) is 5.32 Å². The SMILES string of the molecule is CCCNC(CC1CCC1)C1COc2ccccc2O1. The molecule has 3 nitrogen and oxygen atoms in total. The van der Waals surface area contributed by atoms with E-state index in [2.05, 4.69) is 12.2 Å². The molecule has 2 unspecified atom stereocenters. The van der Waals surface area contributed by atoms with Crippen molar-refractivity contribution >= 4 is 0 Å². The third-order valence-corrected chi connectivity index (χ3v) is 4.45. The van der Waals surface area contributed by atoms with Gasteiger partial charge in [-0.25, -0.2) is 0 Å². The lowest BCUT2D eigenvalue weighted by Gasteiger charge is -2.36. The number of benzene rings is 1. The van der Waals surface area contributed by atoms with Crippen LogP contribution in [-0.4, -0.2) is 25.3 Å². The van der Waals surface area contributed by atoms with Gasteiger partial charge in [-0.05, 0) is 37.4 Å². The molecule has 0 spiro atoms. The minimum Gasteiger partial charge on any atom is -0.486 e. The Kier molecular flexibility index (Phi) is 4.46. The van der Waals surface area contributed by atoms with Crippen LogP contribution < -0.4 is 14.8 Å². The number of fused-ring (bicyclic) bond motifs is 1. The first kappa shape index (κ1) is 13.7. The second-order valence-electron chi connectivity index (χ2n) is 6.01. The van der Waals surface area contributed by atoms with E-state index in [0.29, 0.717) is 12.6 Å². The van der Waals surface area contributed by atoms with Gasteiger partial charge in [0.05, 0.1) is 0 Å². The Bertz CT molecular complexity index is 431. The van der Waals surface area contributed by atoms with E-state index in [9.17, 15) is 0 Å². The second kappa shape index (κ2) is 6.49. The fourth-order valence-electron chi connectivity index (χ4n) is 3.02. The normalized spacial score (nSPS) is 23.1. The van der Waals surface area contributed by atoms with Gasteiger partial charge in [0.1, 0.15) is 12.7 Å². The second-order valence-corrected chi connectivity index (χ2v) is 6.01. The van der Waals surface area contributed by atoms with Crippen molar-refractivity contribution in [3.05, 3.63) is 24.3 Å². The molecule has 3 heteroatoms. The van der Waals surface area contributed by atoms with E-state index < -0.39 is 0 Å². The fourth-order valence-corrected chi connectivity index (χ4v) is 3.02. The lowest BCUT2D eigenvalue weighted by molar-refractivity contribution is 0.0495. The lowest BCUT2D eigenvalue weighted by Crippen LogP contribution is -2.49. The summed E-state index contributed by atoms with van der Waals surface area (Å²) in [6, 6.07) is 8.39. The van der Waals surface area contributed by atoms with Crippen molar-refractivity contribution < 1.29 is 9.47 Å². The molecule has 1 saturated carbocycles. The molecule has 1 fully saturated rings. The average molecular weight is 275 g/mol. The minimum atomic E-state index is 0.136. The molecule has 0 aromatic heterocycles. The number of hydrogen-bond donors (Lipinski definition) is 1. The third kappa shape index (κ3) is 3.09. The first-order chi connectivity index (χ1) is 9.86. The fraction of sp³-hybridized carbons (Fsp3) is 0.647. The molecule has 1 aliphatic heterocycles. The van der Waals surface area contributed by atoms with Crippen LogP contribution in [-0.2, 0) is 0 Å². The zero-order chi connectivity index (χ0) is 13.8. The van der Waals surface area contributed by atoms with E-state index in [1.165, 1.54) is 25.7 Å². The van der Waals surface area contributed by atoms with E-state index in [4.69, 9.17) is 9.47 Å². The van der Waals surface area contributed by atoms with E-state index in [-0.39, 0.29) is 6.10 Å². The molecule has 1 aliphatic carbocycles. The van der Waals surface area contributed by atoms with Crippen molar-refractivity contribution in [1.29, 1.82) is 0 Å². The molecule has 1 aromatic rings. The molecular weight excluding hydrogens is 250 g/mol. The monoisotopic (exact) mass is 275 g/mol. The summed E-state index contributed by atoms with van der Waals surface area (Å²) in [5, 5.41) is 3.66. The third-order valence-electron chi connectivity index (χ3n) is 4.45. The maximum absolute atomic E-state index is 6.17. The van der Waals surface area contributed by atoms with Gasteiger partial charge in [-0.15, -0.1) is 0 Å². The van der Waals surface area contributed by atoms with Gasteiger partial charge >= 0.3 is 0 Å². The predicted octanol–water partition coefficient (Wildman–Crippen LogP) is 3.38. The zero-order valence-corrected chi connectivity index (χ0v) is 12.3. The Labute approximate surface area is 121 Å². The zero-order valence-electron chi connectivity index (χ0n) is 12.3. The summed E-state index contributed by atoms with van der Waals surface area (Å²) in [5.41, 5.74) is 0. The smallest absolute Gasteiger partial charge is 0.161 e. The van der Waals surface area contributed by atoms with Gasteiger partial charge in [-0.3, -0.25) is 0 Å². The van der Waals surface area contributed by atoms with Crippen LogP contribution in [0.4, 0.5) is 0 Å². The number of rotatable bonds is 6. The standard InChI is InChI=1S/C17H25NO2/c1-2-10-18-14(11-13-6-5-7-13)17-12-19-15-8-3-4-9-16(15)20-17/h3-4,8-9,13-14,17-18H,2,5-7,10-12H2,1H3. The van der Waals surface area contributed by atoms with Crippen molar-refractivity contribution in [2.45, 2.75) is 51.2 Å². The van der Waals surface area contributed by atoms with E-state index in [1.807, 2.05) is 24.3 Å². The van der Waals surface area contributed by atoms with Gasteiger partial charge in [0.2, 0.25) is 0 Å². The van der Waals surface area contributed by atoms with Crippen LogP contribution in [0.2, 0.25) is 0 Å². The maximum atomic E-state index is 6.17. The Hall–Kier alpha value is -1.22. The highest BCUT2D eigenvalue weighted by Gasteiger charge is 2.31. The van der Waals surface area contributed by atoms with Crippen molar-refractivity contribution in [3.63, 3.8) is 0 Å². The molecule has 1 N–H and O–H groups in total. The summed E-state index contributed by atoms with van der Waals surface area (Å²) >= 11 is 0. The molecule has 1 heterocycles. The summed E-state index contributed by atoms with van der Waals surface area (Å²) in [6.07, 6.45) is 6.68. The average Bonchev–Trinajstić information content (AvgIpc) is 2.45. The highest BCUT2D eigenvalue weighted by Crippen LogP contribution is 2.35. The predicted molar refractivity (Wildman–Crippen MR) is 80.4 cm³/mol. The summed E-state index contributed by atoms with van der Waals surface area (Å²) < 4.78 is 12.0. The van der Waals surface area contributed by atoms with Crippen LogP contribution in [0.15, 0.2) is 24.3 Å². The highest BCUT2D eigenvalue weighted by molar-refractivity contribution is 5.40. The van der Waals surface area contributed by atoms with Crippen molar-refractivity contribution in [2.24, 2.45) is 5.92 Å². The Balaban J connectivity index is 1.64. The molecule has 3 rings (SSSR count). The summed E-state index contributed by atoms with van der Waals surface area (Å²) in [4.78, 5) is 0. The molecule has 1 aromatic carbocycles. The van der Waals surface area contributed by atoms with Crippen LogP contribution in [0, 0.1) is 5.92 Å². The number of para-hydroxylation sites is 2. The van der Waals surface area contributed by atoms with Crippen LogP contribution in [0.3, 0.4) is 0 Å². The number of ether oxygens (including phenoxy) is 2. The highest BCUT2D eigenvalue weighted by atomic mass is 16.6. The molecular formula is C17H25NO2. The van der Waals surface area contributed by atoms with E-state index in [1.54, 1.807) is 0 Å². The Morgan fingerprint density at radius 1 is 1.25 bits per heavy atom. The van der Waals surface area contributed by atoms with Gasteiger partial charge in [0.15, 0.2) is 11.5 Å². The van der Waals surface area contributed by atoms with Gasteiger partial charge in [-0.2, -0.15) is 0 Å². The Morgan fingerprint density at radius 3 is 2.75 bits per heavy atom. The minimum absolute atomic E-state index is 0.136. The van der Waals surface area contributed by atoms with Crippen molar-refractivity contribution in [2.75, 3.05) is 13.2 Å². The quantitative estimate of drug-likeness (QED) is 0.863. The number of hydrogen-bond acceptors (Lipinski definition) is 3. The molecule has 2 aliphatic rings. The van der Waals surface area contributed by atoms with E-state index in [0.717, 1.165) is 30.4 Å². The van der Waals surface area contributed by atoms with Crippen LogP contribution in [0.1, 0.15) is 39.0 Å². The number of nitrogens with one attached hydrogen (secondary N) is 1. The molecule has 0 bridgehead atoms. The molecule has 110 valence electrons. The molecule has 0 radical (unpaired) electrons. The first-order valence-corrected chi connectivity index (χ1v) is 7.98. The lowest BCUT2D eigenvalue weighted by atomic mass is 9.80. The van der Waals surface area contributed by atoms with Crippen LogP contribution >= 0.6 is 0 Å². The largest absolute Gasteiger partial charge is 0.486 e. The van der Waals surface area contributed by atoms with Crippen LogP contribution in [0.25, 0.3) is 0 Å². The van der Waals surface area contributed by atoms with E-state index >= 15 is 0 Å². The molecule has 0 saturated heterocycles.